The van der Waals surface area contributed by atoms with Crippen LogP contribution in [0, 0.1) is 0 Å². The van der Waals surface area contributed by atoms with E-state index in [9.17, 15) is 0 Å². The van der Waals surface area contributed by atoms with Crippen molar-refractivity contribution < 1.29 is 4.74 Å². The average Bonchev–Trinajstić information content (AvgIpc) is 2.49. The molecule has 4 nitrogen and oxygen atoms in total. The molecule has 20 heavy (non-hydrogen) atoms. The molecule has 1 aromatic carbocycles. The summed E-state index contributed by atoms with van der Waals surface area (Å²) >= 11 is 0. The number of ether oxygens (including phenoxy) is 1. The minimum Gasteiger partial charge on any atom is -0.364 e. The van der Waals surface area contributed by atoms with Crippen LogP contribution in [0.25, 0.3) is 0 Å². The van der Waals surface area contributed by atoms with E-state index < -0.39 is 0 Å². The van der Waals surface area contributed by atoms with Crippen LogP contribution in [0.15, 0.2) is 28.2 Å². The molecule has 0 heterocycles. The zero-order valence-corrected chi connectivity index (χ0v) is 12.8. The summed E-state index contributed by atoms with van der Waals surface area (Å²) in [5.74, 6) is 0. The van der Waals surface area contributed by atoms with Gasteiger partial charge in [0.15, 0.2) is 0 Å². The van der Waals surface area contributed by atoms with E-state index in [1.165, 1.54) is 5.56 Å². The summed E-state index contributed by atoms with van der Waals surface area (Å²) < 4.78 is 5.31. The largest absolute Gasteiger partial charge is 0.364 e. The van der Waals surface area contributed by atoms with E-state index in [0.717, 1.165) is 37.3 Å². The van der Waals surface area contributed by atoms with Crippen molar-refractivity contribution in [3.8, 4) is 0 Å². The van der Waals surface area contributed by atoms with Crippen molar-refractivity contribution >= 4 is 24.3 Å². The first-order chi connectivity index (χ1) is 9.76. The SMILES string of the molecule is C=Nc1ccc(CC)cc1N(CCCN=CC)COC. The van der Waals surface area contributed by atoms with Crippen molar-refractivity contribution in [2.24, 2.45) is 9.98 Å². The third-order valence-electron chi connectivity index (χ3n) is 3.14. The van der Waals surface area contributed by atoms with Gasteiger partial charge >= 0.3 is 0 Å². The normalized spacial score (nSPS) is 10.9. The Morgan fingerprint density at radius 2 is 2.20 bits per heavy atom. The van der Waals surface area contributed by atoms with E-state index >= 15 is 0 Å². The van der Waals surface area contributed by atoms with Crippen LogP contribution >= 0.6 is 0 Å². The van der Waals surface area contributed by atoms with Crippen molar-refractivity contribution in [2.75, 3.05) is 31.8 Å². The van der Waals surface area contributed by atoms with Gasteiger partial charge in [-0.2, -0.15) is 0 Å². The molecule has 4 heteroatoms. The number of nitrogens with zero attached hydrogens (tertiary/aromatic N) is 3. The minimum atomic E-state index is 0.547. The molecule has 0 fully saturated rings. The van der Waals surface area contributed by atoms with Gasteiger partial charge in [0.2, 0.25) is 0 Å². The van der Waals surface area contributed by atoms with Crippen molar-refractivity contribution in [1.29, 1.82) is 0 Å². The number of hydrogen-bond acceptors (Lipinski definition) is 4. The van der Waals surface area contributed by atoms with Crippen LogP contribution in [-0.4, -0.2) is 39.9 Å². The maximum absolute atomic E-state index is 5.31. The standard InChI is InChI=1S/C16H25N3O/c1-5-14-8-9-15(17-3)16(12-14)19(13-20-4)11-7-10-18-6-2/h6,8-9,12H,3,5,7,10-11,13H2,1-2,4H3. The maximum atomic E-state index is 5.31. The molecule has 0 aromatic heterocycles. The van der Waals surface area contributed by atoms with Gasteiger partial charge in [-0.05, 0) is 50.4 Å². The van der Waals surface area contributed by atoms with Crippen LogP contribution in [0.4, 0.5) is 11.4 Å². The molecule has 0 aliphatic heterocycles. The summed E-state index contributed by atoms with van der Waals surface area (Å²) in [4.78, 5) is 10.6. The minimum absolute atomic E-state index is 0.547. The Bertz CT molecular complexity index is 443. The fourth-order valence-electron chi connectivity index (χ4n) is 2.07. The smallest absolute Gasteiger partial charge is 0.118 e. The highest BCUT2D eigenvalue weighted by Crippen LogP contribution is 2.30. The summed E-state index contributed by atoms with van der Waals surface area (Å²) in [6.45, 7) is 10.0. The third-order valence-corrected chi connectivity index (χ3v) is 3.14. The quantitative estimate of drug-likeness (QED) is 0.393. The Hall–Kier alpha value is -1.68. The number of benzene rings is 1. The molecule has 1 aromatic rings. The Morgan fingerprint density at radius 3 is 2.80 bits per heavy atom. The zero-order valence-electron chi connectivity index (χ0n) is 12.8. The van der Waals surface area contributed by atoms with E-state index in [1.807, 2.05) is 19.2 Å². The number of aliphatic imine (C=N–C) groups is 2. The molecule has 0 saturated carbocycles. The third kappa shape index (κ3) is 4.78. The zero-order chi connectivity index (χ0) is 14.8. The Balaban J connectivity index is 2.90. The van der Waals surface area contributed by atoms with Gasteiger partial charge in [-0.3, -0.25) is 9.98 Å². The van der Waals surface area contributed by atoms with Crippen LogP contribution in [0.2, 0.25) is 0 Å². The molecule has 110 valence electrons. The number of methoxy groups -OCH3 is 1. The van der Waals surface area contributed by atoms with E-state index in [1.54, 1.807) is 7.11 Å². The Morgan fingerprint density at radius 1 is 1.40 bits per heavy atom. The number of rotatable bonds is 9. The fraction of sp³-hybridized carbons (Fsp3) is 0.500. The molecular weight excluding hydrogens is 250 g/mol. The number of aryl methyl sites for hydroxylation is 1. The van der Waals surface area contributed by atoms with E-state index in [-0.39, 0.29) is 0 Å². The van der Waals surface area contributed by atoms with Gasteiger partial charge in [0.1, 0.15) is 6.73 Å². The molecule has 0 bridgehead atoms. The van der Waals surface area contributed by atoms with Crippen LogP contribution in [0.3, 0.4) is 0 Å². The second-order valence-electron chi connectivity index (χ2n) is 4.53. The van der Waals surface area contributed by atoms with Crippen LogP contribution in [-0.2, 0) is 11.2 Å². The monoisotopic (exact) mass is 275 g/mol. The lowest BCUT2D eigenvalue weighted by molar-refractivity contribution is 0.197. The lowest BCUT2D eigenvalue weighted by Crippen LogP contribution is -2.27. The van der Waals surface area contributed by atoms with Crippen LogP contribution in [0.1, 0.15) is 25.8 Å². The van der Waals surface area contributed by atoms with Gasteiger partial charge in [0.25, 0.3) is 0 Å². The molecule has 0 radical (unpaired) electrons. The molecule has 0 atom stereocenters. The highest BCUT2D eigenvalue weighted by Gasteiger charge is 2.11. The van der Waals surface area contributed by atoms with Gasteiger partial charge in [-0.25, -0.2) is 0 Å². The molecule has 1 rings (SSSR count). The van der Waals surface area contributed by atoms with Crippen molar-refractivity contribution in [2.45, 2.75) is 26.7 Å². The maximum Gasteiger partial charge on any atom is 0.118 e. The molecule has 0 amide bonds. The average molecular weight is 275 g/mol. The molecule has 0 unspecified atom stereocenters. The second-order valence-corrected chi connectivity index (χ2v) is 4.53. The van der Waals surface area contributed by atoms with Crippen LogP contribution in [0.5, 0.6) is 0 Å². The van der Waals surface area contributed by atoms with Crippen molar-refractivity contribution in [3.63, 3.8) is 0 Å². The van der Waals surface area contributed by atoms with Crippen LogP contribution < -0.4 is 4.90 Å². The summed E-state index contributed by atoms with van der Waals surface area (Å²) in [6.07, 6.45) is 3.83. The first kappa shape index (κ1) is 16.4. The lowest BCUT2D eigenvalue weighted by atomic mass is 10.1. The van der Waals surface area contributed by atoms with Gasteiger partial charge < -0.3 is 9.64 Å². The van der Waals surface area contributed by atoms with E-state index in [4.69, 9.17) is 4.74 Å². The summed E-state index contributed by atoms with van der Waals surface area (Å²) in [6, 6.07) is 6.29. The second kappa shape index (κ2) is 9.26. The van der Waals surface area contributed by atoms with E-state index in [0.29, 0.717) is 6.73 Å². The predicted molar refractivity (Wildman–Crippen MR) is 87.9 cm³/mol. The molecular formula is C16H25N3O. The van der Waals surface area contributed by atoms with Gasteiger partial charge in [-0.15, -0.1) is 0 Å². The lowest BCUT2D eigenvalue weighted by Gasteiger charge is -2.25. The van der Waals surface area contributed by atoms with Gasteiger partial charge in [0, 0.05) is 20.2 Å². The highest BCUT2D eigenvalue weighted by atomic mass is 16.5. The topological polar surface area (TPSA) is 37.2 Å². The molecule has 0 N–H and O–H groups in total. The predicted octanol–water partition coefficient (Wildman–Crippen LogP) is 3.47. The molecule has 0 aliphatic carbocycles. The molecule has 0 spiro atoms. The Labute approximate surface area is 122 Å². The van der Waals surface area contributed by atoms with Crippen molar-refractivity contribution in [1.82, 2.24) is 0 Å². The molecule has 0 saturated heterocycles. The summed E-state index contributed by atoms with van der Waals surface area (Å²) in [7, 11) is 1.71. The summed E-state index contributed by atoms with van der Waals surface area (Å²) in [5, 5.41) is 0. The summed E-state index contributed by atoms with van der Waals surface area (Å²) in [5.41, 5.74) is 3.28. The molecule has 0 aliphatic rings. The van der Waals surface area contributed by atoms with Crippen molar-refractivity contribution in [3.05, 3.63) is 23.8 Å². The first-order valence-electron chi connectivity index (χ1n) is 7.04. The number of anilines is 1. The number of hydrogen-bond donors (Lipinski definition) is 0. The Kier molecular flexibility index (Phi) is 7.58. The van der Waals surface area contributed by atoms with Gasteiger partial charge in [-0.1, -0.05) is 13.0 Å². The highest BCUT2D eigenvalue weighted by molar-refractivity contribution is 5.70. The fourth-order valence-corrected chi connectivity index (χ4v) is 2.07. The van der Waals surface area contributed by atoms with Gasteiger partial charge in [0.05, 0.1) is 11.4 Å². The van der Waals surface area contributed by atoms with E-state index in [2.05, 4.69) is 40.7 Å². The first-order valence-corrected chi connectivity index (χ1v) is 7.04.